The van der Waals surface area contributed by atoms with E-state index in [1.165, 1.54) is 0 Å². The van der Waals surface area contributed by atoms with Gasteiger partial charge in [-0.2, -0.15) is 0 Å². The molecule has 3 nitrogen and oxygen atoms in total. The van der Waals surface area contributed by atoms with E-state index in [-0.39, 0.29) is 11.3 Å². The van der Waals surface area contributed by atoms with Crippen LogP contribution in [0.5, 0.6) is 0 Å². The molecule has 0 aliphatic rings. The van der Waals surface area contributed by atoms with Gasteiger partial charge in [0.2, 0.25) is 0 Å². The molecular weight excluding hydrogens is 226 g/mol. The third-order valence-electron chi connectivity index (χ3n) is 2.71. The zero-order valence-electron chi connectivity index (χ0n) is 11.1. The van der Waals surface area contributed by atoms with Crippen molar-refractivity contribution in [3.05, 3.63) is 36.1 Å². The Bertz CT molecular complexity index is 516. The first-order chi connectivity index (χ1) is 8.46. The van der Waals surface area contributed by atoms with Gasteiger partial charge in [0, 0.05) is 23.9 Å². The van der Waals surface area contributed by atoms with Crippen LogP contribution in [-0.4, -0.2) is 17.9 Å². The largest absolute Gasteiger partial charge is 0.453 e. The Hall–Kier alpha value is -1.61. The van der Waals surface area contributed by atoms with E-state index >= 15 is 0 Å². The van der Waals surface area contributed by atoms with Crippen molar-refractivity contribution in [1.29, 1.82) is 0 Å². The molecule has 18 heavy (non-hydrogen) atoms. The number of carbonyl (C=O) groups is 1. The first-order valence-corrected chi connectivity index (χ1v) is 6.22. The van der Waals surface area contributed by atoms with Crippen LogP contribution in [0.1, 0.15) is 37.7 Å². The molecule has 0 aliphatic heterocycles. The minimum atomic E-state index is 0.0359. The number of fused-ring (bicyclic) bond motifs is 1. The van der Waals surface area contributed by atoms with Crippen LogP contribution in [0.15, 0.2) is 34.7 Å². The summed E-state index contributed by atoms with van der Waals surface area (Å²) in [7, 11) is 0. The van der Waals surface area contributed by atoms with E-state index in [0.717, 1.165) is 11.0 Å². The first kappa shape index (κ1) is 12.8. The highest BCUT2D eigenvalue weighted by atomic mass is 16.3. The number of rotatable bonds is 4. The Kier molecular flexibility index (Phi) is 3.53. The van der Waals surface area contributed by atoms with Gasteiger partial charge in [-0.1, -0.05) is 18.2 Å². The standard InChI is InChI=1S/C15H19NO2/c1-15(2,3)16-9-8-12(17)14-10-11-6-4-5-7-13(11)18-14/h4-7,10,16H,8-9H2,1-3H3. The molecule has 1 heterocycles. The summed E-state index contributed by atoms with van der Waals surface area (Å²) in [5.74, 6) is 0.495. The third-order valence-corrected chi connectivity index (χ3v) is 2.71. The van der Waals surface area contributed by atoms with Gasteiger partial charge >= 0.3 is 0 Å². The smallest absolute Gasteiger partial charge is 0.199 e. The lowest BCUT2D eigenvalue weighted by molar-refractivity contribution is 0.0956. The fourth-order valence-corrected chi connectivity index (χ4v) is 1.79. The lowest BCUT2D eigenvalue weighted by Gasteiger charge is -2.19. The summed E-state index contributed by atoms with van der Waals surface area (Å²) < 4.78 is 5.54. The van der Waals surface area contributed by atoms with E-state index in [1.54, 1.807) is 0 Å². The molecule has 0 amide bonds. The molecule has 0 aliphatic carbocycles. The average molecular weight is 245 g/mol. The van der Waals surface area contributed by atoms with Gasteiger partial charge in [0.1, 0.15) is 5.58 Å². The van der Waals surface area contributed by atoms with Crippen molar-refractivity contribution in [2.24, 2.45) is 0 Å². The summed E-state index contributed by atoms with van der Waals surface area (Å²) in [5, 5.41) is 4.27. The average Bonchev–Trinajstić information content (AvgIpc) is 2.70. The second-order valence-corrected chi connectivity index (χ2v) is 5.50. The zero-order valence-corrected chi connectivity index (χ0v) is 11.1. The topological polar surface area (TPSA) is 42.2 Å². The molecule has 0 saturated carbocycles. The Balaban J connectivity index is 2.01. The quantitative estimate of drug-likeness (QED) is 0.839. The van der Waals surface area contributed by atoms with Crippen LogP contribution in [0.2, 0.25) is 0 Å². The second-order valence-electron chi connectivity index (χ2n) is 5.50. The second kappa shape index (κ2) is 4.94. The molecule has 2 rings (SSSR count). The van der Waals surface area contributed by atoms with Gasteiger partial charge in [0.15, 0.2) is 11.5 Å². The van der Waals surface area contributed by atoms with Crippen molar-refractivity contribution < 1.29 is 9.21 Å². The number of hydrogen-bond acceptors (Lipinski definition) is 3. The number of furan rings is 1. The molecule has 0 atom stereocenters. The van der Waals surface area contributed by atoms with Crippen molar-refractivity contribution in [2.75, 3.05) is 6.54 Å². The number of Topliss-reactive ketones (excluding diaryl/α,β-unsaturated/α-hetero) is 1. The van der Waals surface area contributed by atoms with Gasteiger partial charge in [-0.3, -0.25) is 4.79 Å². The van der Waals surface area contributed by atoms with E-state index in [1.807, 2.05) is 30.3 Å². The van der Waals surface area contributed by atoms with Crippen LogP contribution in [0, 0.1) is 0 Å². The summed E-state index contributed by atoms with van der Waals surface area (Å²) in [6.07, 6.45) is 0.455. The number of nitrogens with one attached hydrogen (secondary N) is 1. The highest BCUT2D eigenvalue weighted by molar-refractivity contribution is 5.97. The summed E-state index contributed by atoms with van der Waals surface area (Å²) >= 11 is 0. The number of para-hydroxylation sites is 1. The SMILES string of the molecule is CC(C)(C)NCCC(=O)c1cc2ccccc2o1. The highest BCUT2D eigenvalue weighted by Crippen LogP contribution is 2.19. The molecular formula is C15H19NO2. The molecule has 0 fully saturated rings. The van der Waals surface area contributed by atoms with Crippen LogP contribution >= 0.6 is 0 Å². The van der Waals surface area contributed by atoms with E-state index in [9.17, 15) is 4.79 Å². The van der Waals surface area contributed by atoms with Crippen molar-refractivity contribution in [2.45, 2.75) is 32.7 Å². The van der Waals surface area contributed by atoms with Crippen LogP contribution in [0.3, 0.4) is 0 Å². The fourth-order valence-electron chi connectivity index (χ4n) is 1.79. The lowest BCUT2D eigenvalue weighted by atomic mass is 10.1. The van der Waals surface area contributed by atoms with Gasteiger partial charge in [-0.05, 0) is 32.9 Å². The zero-order chi connectivity index (χ0) is 13.2. The third kappa shape index (κ3) is 3.20. The minimum Gasteiger partial charge on any atom is -0.453 e. The number of carbonyl (C=O) groups excluding carboxylic acids is 1. The summed E-state index contributed by atoms with van der Waals surface area (Å²) in [6, 6.07) is 9.48. The lowest BCUT2D eigenvalue weighted by Crippen LogP contribution is -2.37. The van der Waals surface area contributed by atoms with Gasteiger partial charge < -0.3 is 9.73 Å². The van der Waals surface area contributed by atoms with Crippen molar-refractivity contribution in [1.82, 2.24) is 5.32 Å². The normalized spacial score (nSPS) is 11.9. The van der Waals surface area contributed by atoms with Crippen LogP contribution in [-0.2, 0) is 0 Å². The minimum absolute atomic E-state index is 0.0359. The predicted octanol–water partition coefficient (Wildman–Crippen LogP) is 3.39. The maximum atomic E-state index is 12.0. The van der Waals surface area contributed by atoms with Crippen molar-refractivity contribution in [3.63, 3.8) is 0 Å². The highest BCUT2D eigenvalue weighted by Gasteiger charge is 2.14. The molecule has 1 aromatic heterocycles. The number of ketones is 1. The van der Waals surface area contributed by atoms with Crippen LogP contribution < -0.4 is 5.32 Å². The van der Waals surface area contributed by atoms with Gasteiger partial charge in [0.05, 0.1) is 0 Å². The molecule has 0 saturated heterocycles. The maximum absolute atomic E-state index is 12.0. The Labute approximate surface area is 107 Å². The Morgan fingerprint density at radius 2 is 2.00 bits per heavy atom. The van der Waals surface area contributed by atoms with Crippen LogP contribution in [0.4, 0.5) is 0 Å². The van der Waals surface area contributed by atoms with Gasteiger partial charge in [0.25, 0.3) is 0 Å². The first-order valence-electron chi connectivity index (χ1n) is 6.22. The molecule has 0 bridgehead atoms. The molecule has 3 heteroatoms. The van der Waals surface area contributed by atoms with Gasteiger partial charge in [-0.15, -0.1) is 0 Å². The van der Waals surface area contributed by atoms with Crippen LogP contribution in [0.25, 0.3) is 11.0 Å². The van der Waals surface area contributed by atoms with E-state index in [2.05, 4.69) is 26.1 Å². The fraction of sp³-hybridized carbons (Fsp3) is 0.400. The van der Waals surface area contributed by atoms with E-state index < -0.39 is 0 Å². The number of benzene rings is 1. The monoisotopic (exact) mass is 245 g/mol. The number of hydrogen-bond donors (Lipinski definition) is 1. The Morgan fingerprint density at radius 3 is 2.67 bits per heavy atom. The molecule has 0 spiro atoms. The molecule has 1 N–H and O–H groups in total. The molecule has 0 unspecified atom stereocenters. The van der Waals surface area contributed by atoms with Crippen molar-refractivity contribution in [3.8, 4) is 0 Å². The van der Waals surface area contributed by atoms with Gasteiger partial charge in [-0.25, -0.2) is 0 Å². The molecule has 96 valence electrons. The molecule has 2 aromatic rings. The molecule has 0 radical (unpaired) electrons. The predicted molar refractivity (Wildman–Crippen MR) is 72.9 cm³/mol. The van der Waals surface area contributed by atoms with E-state index in [0.29, 0.717) is 18.7 Å². The summed E-state index contributed by atoms with van der Waals surface area (Å²) in [6.45, 7) is 6.91. The Morgan fingerprint density at radius 1 is 1.28 bits per heavy atom. The molecule has 1 aromatic carbocycles. The van der Waals surface area contributed by atoms with E-state index in [4.69, 9.17) is 4.42 Å². The maximum Gasteiger partial charge on any atom is 0.199 e. The van der Waals surface area contributed by atoms with Crippen molar-refractivity contribution >= 4 is 16.8 Å². The summed E-state index contributed by atoms with van der Waals surface area (Å²) in [4.78, 5) is 12.0. The summed E-state index contributed by atoms with van der Waals surface area (Å²) in [5.41, 5.74) is 0.804.